The van der Waals surface area contributed by atoms with E-state index in [1.165, 1.54) is 0 Å². The minimum absolute atomic E-state index is 0.413. The summed E-state index contributed by atoms with van der Waals surface area (Å²) in [5.41, 5.74) is 1.57. The number of hydrogen-bond acceptors (Lipinski definition) is 6. The van der Waals surface area contributed by atoms with E-state index in [1.54, 1.807) is 25.4 Å². The number of aromatic nitrogens is 2. The van der Waals surface area contributed by atoms with Crippen molar-refractivity contribution in [2.75, 3.05) is 19.0 Å². The molecule has 0 fully saturated rings. The molecular formula is C16H18N4O2. The smallest absolute Gasteiger partial charge is 0.182 e. The van der Waals surface area contributed by atoms with E-state index in [0.717, 1.165) is 5.56 Å². The molecular weight excluding hydrogens is 280 g/mol. The van der Waals surface area contributed by atoms with Gasteiger partial charge in [-0.3, -0.25) is 5.32 Å². The van der Waals surface area contributed by atoms with Gasteiger partial charge in [-0.25, -0.2) is 0 Å². The van der Waals surface area contributed by atoms with Crippen LogP contribution in [0.4, 0.5) is 5.82 Å². The van der Waals surface area contributed by atoms with Gasteiger partial charge in [-0.2, -0.15) is 5.26 Å². The number of nitriles is 1. The van der Waals surface area contributed by atoms with Crippen molar-refractivity contribution in [1.29, 1.82) is 5.26 Å². The van der Waals surface area contributed by atoms with Crippen LogP contribution in [-0.2, 0) is 0 Å². The fraction of sp³-hybridized carbons (Fsp3) is 0.312. The zero-order chi connectivity index (χ0) is 15.9. The molecule has 0 saturated carbocycles. The van der Waals surface area contributed by atoms with Gasteiger partial charge in [0.05, 0.1) is 19.4 Å². The molecule has 114 valence electrons. The Kier molecular flexibility index (Phi) is 5.15. The Balaban J connectivity index is 2.27. The molecule has 2 aromatic rings. The number of anilines is 1. The maximum atomic E-state index is 8.54. The van der Waals surface area contributed by atoms with Gasteiger partial charge in [0.15, 0.2) is 23.5 Å². The lowest BCUT2D eigenvalue weighted by Gasteiger charge is -2.13. The topological polar surface area (TPSA) is 80.1 Å². The molecule has 1 heterocycles. The third-order valence-electron chi connectivity index (χ3n) is 2.88. The highest BCUT2D eigenvalue weighted by molar-refractivity contribution is 5.64. The largest absolute Gasteiger partial charge is 0.493 e. The minimum Gasteiger partial charge on any atom is -0.493 e. The van der Waals surface area contributed by atoms with Crippen LogP contribution in [0.3, 0.4) is 0 Å². The first-order chi connectivity index (χ1) is 10.6. The second-order valence-corrected chi connectivity index (χ2v) is 5.11. The van der Waals surface area contributed by atoms with Gasteiger partial charge < -0.3 is 9.47 Å². The molecule has 0 unspecified atom stereocenters. The molecule has 22 heavy (non-hydrogen) atoms. The average molecular weight is 298 g/mol. The summed E-state index contributed by atoms with van der Waals surface area (Å²) in [5.74, 6) is 2.19. The maximum Gasteiger partial charge on any atom is 0.182 e. The molecule has 0 amide bonds. The lowest BCUT2D eigenvalue weighted by atomic mass is 10.1. The van der Waals surface area contributed by atoms with E-state index in [-0.39, 0.29) is 0 Å². The molecule has 0 aliphatic rings. The number of benzene rings is 1. The van der Waals surface area contributed by atoms with Gasteiger partial charge in [0, 0.05) is 5.56 Å². The normalized spacial score (nSPS) is 10.1. The van der Waals surface area contributed by atoms with E-state index in [4.69, 9.17) is 14.7 Å². The minimum atomic E-state index is 0.413. The Bertz CT molecular complexity index is 663. The molecule has 0 saturated heterocycles. The van der Waals surface area contributed by atoms with Gasteiger partial charge in [-0.1, -0.05) is 13.8 Å². The SMILES string of the molecule is COc1ccc(-c2ccc(NC#N)nn2)cc1OCC(C)C. The van der Waals surface area contributed by atoms with Crippen molar-refractivity contribution in [2.45, 2.75) is 13.8 Å². The number of methoxy groups -OCH3 is 1. The number of rotatable bonds is 6. The summed E-state index contributed by atoms with van der Waals surface area (Å²) in [6, 6.07) is 9.10. The van der Waals surface area contributed by atoms with Crippen molar-refractivity contribution in [1.82, 2.24) is 10.2 Å². The van der Waals surface area contributed by atoms with Crippen LogP contribution in [0.2, 0.25) is 0 Å². The van der Waals surface area contributed by atoms with Crippen molar-refractivity contribution in [3.63, 3.8) is 0 Å². The van der Waals surface area contributed by atoms with Crippen LogP contribution in [0.25, 0.3) is 11.3 Å². The van der Waals surface area contributed by atoms with Gasteiger partial charge in [0.2, 0.25) is 0 Å². The molecule has 0 atom stereocenters. The standard InChI is InChI=1S/C16H18N4O2/c1-11(2)9-22-15-8-12(4-6-14(15)21-3)13-5-7-16(18-10-17)20-19-13/h4-8,11H,9H2,1-3H3,(H,18,20). The third kappa shape index (κ3) is 3.85. The summed E-state index contributed by atoms with van der Waals surface area (Å²) < 4.78 is 11.1. The fourth-order valence-corrected chi connectivity index (χ4v) is 1.82. The quantitative estimate of drug-likeness (QED) is 0.652. The number of nitrogens with one attached hydrogen (secondary N) is 1. The molecule has 2 rings (SSSR count). The van der Waals surface area contributed by atoms with Crippen LogP contribution in [-0.4, -0.2) is 23.9 Å². The maximum absolute atomic E-state index is 8.54. The van der Waals surface area contributed by atoms with Crippen molar-refractivity contribution < 1.29 is 9.47 Å². The molecule has 0 radical (unpaired) electrons. The van der Waals surface area contributed by atoms with Gasteiger partial charge >= 0.3 is 0 Å². The van der Waals surface area contributed by atoms with Gasteiger partial charge in [-0.05, 0) is 36.2 Å². The van der Waals surface area contributed by atoms with E-state index < -0.39 is 0 Å². The van der Waals surface area contributed by atoms with Crippen LogP contribution in [0, 0.1) is 17.4 Å². The van der Waals surface area contributed by atoms with Crippen LogP contribution in [0.5, 0.6) is 11.5 Å². The highest BCUT2D eigenvalue weighted by atomic mass is 16.5. The van der Waals surface area contributed by atoms with Gasteiger partial charge in [-0.15, -0.1) is 10.2 Å². The molecule has 0 bridgehead atoms. The number of nitrogens with zero attached hydrogens (tertiary/aromatic N) is 3. The Morgan fingerprint density at radius 2 is 2.00 bits per heavy atom. The van der Waals surface area contributed by atoms with Crippen molar-refractivity contribution in [3.8, 4) is 28.9 Å². The second kappa shape index (κ2) is 7.27. The highest BCUT2D eigenvalue weighted by Gasteiger charge is 2.09. The lowest BCUT2D eigenvalue weighted by Crippen LogP contribution is -2.05. The monoisotopic (exact) mass is 298 g/mol. The first-order valence-electron chi connectivity index (χ1n) is 6.94. The van der Waals surface area contributed by atoms with Crippen molar-refractivity contribution in [2.24, 2.45) is 5.92 Å². The predicted octanol–water partition coefficient (Wildman–Crippen LogP) is 3.08. The summed E-state index contributed by atoms with van der Waals surface area (Å²) in [6.45, 7) is 4.78. The Labute approximate surface area is 129 Å². The van der Waals surface area contributed by atoms with Crippen molar-refractivity contribution >= 4 is 5.82 Å². The van der Waals surface area contributed by atoms with Gasteiger partial charge in [0.25, 0.3) is 0 Å². The van der Waals surface area contributed by atoms with E-state index in [1.807, 2.05) is 18.2 Å². The molecule has 1 N–H and O–H groups in total. The Morgan fingerprint density at radius 1 is 1.18 bits per heavy atom. The van der Waals surface area contributed by atoms with Gasteiger partial charge in [0.1, 0.15) is 0 Å². The van der Waals surface area contributed by atoms with Crippen LogP contribution >= 0.6 is 0 Å². The summed E-state index contributed by atoms with van der Waals surface area (Å²) in [4.78, 5) is 0. The molecule has 0 spiro atoms. The van der Waals surface area contributed by atoms with Crippen LogP contribution < -0.4 is 14.8 Å². The Morgan fingerprint density at radius 3 is 2.59 bits per heavy atom. The average Bonchev–Trinajstić information content (AvgIpc) is 2.53. The summed E-state index contributed by atoms with van der Waals surface area (Å²) in [5, 5.41) is 19.0. The predicted molar refractivity (Wildman–Crippen MR) is 83.6 cm³/mol. The molecule has 0 aliphatic heterocycles. The Hall–Kier alpha value is -2.81. The summed E-state index contributed by atoms with van der Waals surface area (Å²) >= 11 is 0. The third-order valence-corrected chi connectivity index (χ3v) is 2.88. The van der Waals surface area contributed by atoms with E-state index in [2.05, 4.69) is 29.4 Å². The van der Waals surface area contributed by atoms with Crippen molar-refractivity contribution in [3.05, 3.63) is 30.3 Å². The fourth-order valence-electron chi connectivity index (χ4n) is 1.82. The lowest BCUT2D eigenvalue weighted by molar-refractivity contribution is 0.257. The zero-order valence-corrected chi connectivity index (χ0v) is 12.8. The first-order valence-corrected chi connectivity index (χ1v) is 6.94. The molecule has 6 nitrogen and oxygen atoms in total. The van der Waals surface area contributed by atoms with E-state index in [9.17, 15) is 0 Å². The van der Waals surface area contributed by atoms with Crippen LogP contribution in [0.15, 0.2) is 30.3 Å². The van der Waals surface area contributed by atoms with E-state index >= 15 is 0 Å². The highest BCUT2D eigenvalue weighted by Crippen LogP contribution is 2.32. The number of hydrogen-bond donors (Lipinski definition) is 1. The zero-order valence-electron chi connectivity index (χ0n) is 12.8. The molecule has 1 aromatic heterocycles. The van der Waals surface area contributed by atoms with E-state index in [0.29, 0.717) is 35.5 Å². The molecule has 6 heteroatoms. The summed E-state index contributed by atoms with van der Waals surface area (Å²) in [6.07, 6.45) is 1.81. The number of ether oxygens (including phenoxy) is 2. The summed E-state index contributed by atoms with van der Waals surface area (Å²) in [7, 11) is 1.61. The van der Waals surface area contributed by atoms with Crippen LogP contribution in [0.1, 0.15) is 13.8 Å². The molecule has 0 aliphatic carbocycles. The second-order valence-electron chi connectivity index (χ2n) is 5.11. The first kappa shape index (κ1) is 15.6. The molecule has 1 aromatic carbocycles.